The van der Waals surface area contributed by atoms with E-state index in [4.69, 9.17) is 10.5 Å². The lowest BCUT2D eigenvalue weighted by molar-refractivity contribution is -0.132. The summed E-state index contributed by atoms with van der Waals surface area (Å²) in [5.74, 6) is -0.283. The van der Waals surface area contributed by atoms with Gasteiger partial charge in [0.2, 0.25) is 5.91 Å². The third-order valence-electron chi connectivity index (χ3n) is 4.54. The van der Waals surface area contributed by atoms with Crippen molar-refractivity contribution in [3.8, 4) is 12.1 Å². The molecule has 6 heteroatoms. The molecule has 1 aliphatic rings. The zero-order valence-corrected chi connectivity index (χ0v) is 14.3. The van der Waals surface area contributed by atoms with Gasteiger partial charge in [-0.3, -0.25) is 9.69 Å². The molecule has 1 heterocycles. The van der Waals surface area contributed by atoms with E-state index in [0.29, 0.717) is 13.1 Å². The standard InChI is InChI=1S/C19H23FN4O/c20-17-6-1-5-16(13-17)14-18-7-2-10-24(18)15-19(25)23(11-3-8-21)12-4-9-22/h1,5-6,13,18H,2-4,7,10-12,14-15H2/t18-/m0/s1. The molecule has 0 radical (unpaired) electrons. The van der Waals surface area contributed by atoms with E-state index in [1.165, 1.54) is 6.07 Å². The van der Waals surface area contributed by atoms with Gasteiger partial charge in [-0.05, 0) is 43.5 Å². The van der Waals surface area contributed by atoms with Gasteiger partial charge >= 0.3 is 0 Å². The maximum atomic E-state index is 13.4. The molecule has 1 aliphatic heterocycles. The number of likely N-dealkylation sites (tertiary alicyclic amines) is 1. The Bertz CT molecular complexity index is 646. The van der Waals surface area contributed by atoms with Gasteiger partial charge in [-0.15, -0.1) is 0 Å². The third-order valence-corrected chi connectivity index (χ3v) is 4.54. The summed E-state index contributed by atoms with van der Waals surface area (Å²) < 4.78 is 13.4. The van der Waals surface area contributed by atoms with Gasteiger partial charge in [-0.25, -0.2) is 4.39 Å². The van der Waals surface area contributed by atoms with Gasteiger partial charge < -0.3 is 4.90 Å². The SMILES string of the molecule is N#CCCN(CCC#N)C(=O)CN1CCC[C@H]1Cc1cccc(F)c1. The van der Waals surface area contributed by atoms with Gasteiger partial charge in [0.25, 0.3) is 0 Å². The second kappa shape index (κ2) is 9.76. The first-order valence-electron chi connectivity index (χ1n) is 8.64. The van der Waals surface area contributed by atoms with Crippen LogP contribution in [0.1, 0.15) is 31.2 Å². The highest BCUT2D eigenvalue weighted by Crippen LogP contribution is 2.21. The minimum Gasteiger partial charge on any atom is -0.340 e. The van der Waals surface area contributed by atoms with E-state index < -0.39 is 0 Å². The Kier molecular flexibility index (Phi) is 7.37. The first-order valence-corrected chi connectivity index (χ1v) is 8.64. The lowest BCUT2D eigenvalue weighted by Crippen LogP contribution is -2.43. The van der Waals surface area contributed by atoms with Crippen LogP contribution < -0.4 is 0 Å². The number of halogens is 1. The molecule has 1 aromatic carbocycles. The molecule has 1 amide bonds. The second-order valence-corrected chi connectivity index (χ2v) is 6.30. The van der Waals surface area contributed by atoms with Crippen LogP contribution in [-0.4, -0.2) is 47.9 Å². The molecule has 0 unspecified atom stereocenters. The number of carbonyl (C=O) groups excluding carboxylic acids is 1. The number of benzene rings is 1. The predicted octanol–water partition coefficient (Wildman–Crippen LogP) is 2.49. The van der Waals surface area contributed by atoms with Crippen molar-refractivity contribution in [1.29, 1.82) is 10.5 Å². The van der Waals surface area contributed by atoms with Crippen molar-refractivity contribution in [2.45, 2.75) is 38.1 Å². The Morgan fingerprint density at radius 1 is 1.28 bits per heavy atom. The summed E-state index contributed by atoms with van der Waals surface area (Å²) in [5.41, 5.74) is 0.940. The highest BCUT2D eigenvalue weighted by molar-refractivity contribution is 5.78. The minimum atomic E-state index is -0.239. The van der Waals surface area contributed by atoms with Crippen LogP contribution in [0.3, 0.4) is 0 Å². The molecule has 0 aromatic heterocycles. The summed E-state index contributed by atoms with van der Waals surface area (Å²) in [6.45, 7) is 1.85. The fourth-order valence-electron chi connectivity index (χ4n) is 3.28. The maximum absolute atomic E-state index is 13.4. The molecule has 1 aromatic rings. The number of rotatable bonds is 8. The van der Waals surface area contributed by atoms with E-state index in [-0.39, 0.29) is 37.2 Å². The van der Waals surface area contributed by atoms with Crippen LogP contribution in [0, 0.1) is 28.5 Å². The highest BCUT2D eigenvalue weighted by atomic mass is 19.1. The Morgan fingerprint density at radius 2 is 2.00 bits per heavy atom. The van der Waals surface area contributed by atoms with Crippen molar-refractivity contribution in [3.05, 3.63) is 35.6 Å². The Morgan fingerprint density at radius 3 is 2.64 bits per heavy atom. The van der Waals surface area contributed by atoms with Crippen molar-refractivity contribution < 1.29 is 9.18 Å². The highest BCUT2D eigenvalue weighted by Gasteiger charge is 2.28. The fraction of sp³-hybridized carbons (Fsp3) is 0.526. The van der Waals surface area contributed by atoms with Gasteiger partial charge in [0.1, 0.15) is 5.82 Å². The molecular formula is C19H23FN4O. The Balaban J connectivity index is 1.95. The molecule has 132 valence electrons. The van der Waals surface area contributed by atoms with Gasteiger partial charge in [0.05, 0.1) is 31.5 Å². The molecule has 1 saturated heterocycles. The first kappa shape index (κ1) is 18.9. The van der Waals surface area contributed by atoms with Crippen molar-refractivity contribution in [2.24, 2.45) is 0 Å². The van der Waals surface area contributed by atoms with Gasteiger partial charge in [-0.1, -0.05) is 12.1 Å². The van der Waals surface area contributed by atoms with Gasteiger partial charge in [0.15, 0.2) is 0 Å². The normalized spacial score (nSPS) is 17.0. The van der Waals surface area contributed by atoms with Crippen LogP contribution in [-0.2, 0) is 11.2 Å². The lowest BCUT2D eigenvalue weighted by atomic mass is 10.0. The molecule has 5 nitrogen and oxygen atoms in total. The minimum absolute atomic E-state index is 0.0448. The summed E-state index contributed by atoms with van der Waals surface area (Å²) >= 11 is 0. The smallest absolute Gasteiger partial charge is 0.236 e. The van der Waals surface area contributed by atoms with Crippen molar-refractivity contribution in [2.75, 3.05) is 26.2 Å². The van der Waals surface area contributed by atoms with Crippen molar-refractivity contribution >= 4 is 5.91 Å². The first-order chi connectivity index (χ1) is 12.1. The van der Waals surface area contributed by atoms with Crippen LogP contribution in [0.15, 0.2) is 24.3 Å². The molecule has 25 heavy (non-hydrogen) atoms. The van der Waals surface area contributed by atoms with E-state index in [0.717, 1.165) is 31.4 Å². The number of nitrogens with zero attached hydrogens (tertiary/aromatic N) is 4. The molecule has 0 aliphatic carbocycles. The molecular weight excluding hydrogens is 319 g/mol. The molecule has 2 rings (SSSR count). The second-order valence-electron chi connectivity index (χ2n) is 6.30. The van der Waals surface area contributed by atoms with Crippen molar-refractivity contribution in [1.82, 2.24) is 9.80 Å². The average Bonchev–Trinajstić information content (AvgIpc) is 3.01. The van der Waals surface area contributed by atoms with Gasteiger partial charge in [0, 0.05) is 19.1 Å². The van der Waals surface area contributed by atoms with Crippen LogP contribution in [0.25, 0.3) is 0 Å². The average molecular weight is 342 g/mol. The fourth-order valence-corrected chi connectivity index (χ4v) is 3.28. The van der Waals surface area contributed by atoms with Gasteiger partial charge in [-0.2, -0.15) is 10.5 Å². The summed E-state index contributed by atoms with van der Waals surface area (Å²) in [6.07, 6.45) is 3.26. The predicted molar refractivity (Wildman–Crippen MR) is 91.7 cm³/mol. The number of amides is 1. The zero-order valence-electron chi connectivity index (χ0n) is 14.3. The Hall–Kier alpha value is -2.44. The number of carbonyl (C=O) groups is 1. The Labute approximate surface area is 148 Å². The summed E-state index contributed by atoms with van der Waals surface area (Å²) in [5, 5.41) is 17.5. The van der Waals surface area contributed by atoms with Crippen LogP contribution in [0.4, 0.5) is 4.39 Å². The maximum Gasteiger partial charge on any atom is 0.236 e. The van der Waals surface area contributed by atoms with E-state index >= 15 is 0 Å². The topological polar surface area (TPSA) is 71.1 Å². The largest absolute Gasteiger partial charge is 0.340 e. The monoisotopic (exact) mass is 342 g/mol. The number of hydrogen-bond donors (Lipinski definition) is 0. The van der Waals surface area contributed by atoms with Crippen molar-refractivity contribution in [3.63, 3.8) is 0 Å². The molecule has 1 fully saturated rings. The summed E-state index contributed by atoms with van der Waals surface area (Å²) in [4.78, 5) is 16.3. The van der Waals surface area contributed by atoms with Crippen LogP contribution in [0.2, 0.25) is 0 Å². The van der Waals surface area contributed by atoms with Crippen LogP contribution in [0.5, 0.6) is 0 Å². The molecule has 0 saturated carbocycles. The molecule has 0 N–H and O–H groups in total. The zero-order chi connectivity index (χ0) is 18.1. The van der Waals surface area contributed by atoms with E-state index in [1.54, 1.807) is 17.0 Å². The quantitative estimate of drug-likeness (QED) is 0.728. The summed E-state index contributed by atoms with van der Waals surface area (Å²) in [7, 11) is 0. The van der Waals surface area contributed by atoms with E-state index in [2.05, 4.69) is 4.90 Å². The number of hydrogen-bond acceptors (Lipinski definition) is 4. The number of nitriles is 2. The lowest BCUT2D eigenvalue weighted by Gasteiger charge is -2.28. The summed E-state index contributed by atoms with van der Waals surface area (Å²) in [6, 6.07) is 10.9. The molecule has 1 atom stereocenters. The molecule has 0 bridgehead atoms. The third kappa shape index (κ3) is 5.85. The van der Waals surface area contributed by atoms with E-state index in [9.17, 15) is 9.18 Å². The van der Waals surface area contributed by atoms with Crippen LogP contribution >= 0.6 is 0 Å². The van der Waals surface area contributed by atoms with E-state index in [1.807, 2.05) is 18.2 Å². The molecule has 0 spiro atoms.